The molecule has 6 heteroatoms. The van der Waals surface area contributed by atoms with E-state index in [1.165, 1.54) is 11.8 Å². The molecular formula is C15H16BrNO2S2. The predicted molar refractivity (Wildman–Crippen MR) is 91.3 cm³/mol. The summed E-state index contributed by atoms with van der Waals surface area (Å²) >= 11 is 4.91. The second kappa shape index (κ2) is 7.45. The summed E-state index contributed by atoms with van der Waals surface area (Å²) in [6, 6.07) is 14.7. The molecule has 0 heterocycles. The predicted octanol–water partition coefficient (Wildman–Crippen LogP) is 3.47. The fourth-order valence-electron chi connectivity index (χ4n) is 1.78. The van der Waals surface area contributed by atoms with Gasteiger partial charge in [-0.15, -0.1) is 11.8 Å². The molecule has 21 heavy (non-hydrogen) atoms. The minimum atomic E-state index is -3.26. The smallest absolute Gasteiger partial charge is 0.179 e. The zero-order valence-corrected chi connectivity index (χ0v) is 14.5. The number of sulfone groups is 1. The van der Waals surface area contributed by atoms with Crippen LogP contribution in [0.5, 0.6) is 0 Å². The maximum atomic E-state index is 12.3. The summed E-state index contributed by atoms with van der Waals surface area (Å²) in [5, 5.41) is 0. The van der Waals surface area contributed by atoms with E-state index in [1.807, 2.05) is 30.3 Å². The molecule has 3 nitrogen and oxygen atoms in total. The van der Waals surface area contributed by atoms with Crippen molar-refractivity contribution in [2.75, 3.05) is 11.5 Å². The van der Waals surface area contributed by atoms with Crippen LogP contribution in [0.15, 0.2) is 62.8 Å². The third kappa shape index (κ3) is 4.85. The minimum Gasteiger partial charge on any atom is -0.326 e. The summed E-state index contributed by atoms with van der Waals surface area (Å²) in [5.74, 6) is 0.637. The van der Waals surface area contributed by atoms with Crippen LogP contribution in [0.1, 0.15) is 5.56 Å². The molecule has 0 aliphatic carbocycles. The second-order valence-electron chi connectivity index (χ2n) is 4.47. The minimum absolute atomic E-state index is 0.113. The molecule has 0 aromatic heterocycles. The first-order chi connectivity index (χ1) is 10.0. The molecule has 2 aromatic carbocycles. The highest BCUT2D eigenvalue weighted by Gasteiger charge is 2.14. The van der Waals surface area contributed by atoms with E-state index in [-0.39, 0.29) is 5.75 Å². The number of hydrogen-bond acceptors (Lipinski definition) is 4. The highest BCUT2D eigenvalue weighted by Crippen LogP contribution is 2.22. The summed E-state index contributed by atoms with van der Waals surface area (Å²) in [5.41, 5.74) is 6.38. The van der Waals surface area contributed by atoms with Gasteiger partial charge in [-0.25, -0.2) is 8.42 Å². The van der Waals surface area contributed by atoms with Crippen LogP contribution in [0.3, 0.4) is 0 Å². The standard InChI is InChI=1S/C15H16BrNO2S2/c16-13-4-6-14(7-5-13)20-8-9-21(18,19)15-3-1-2-12(10-15)11-17/h1-7,10H,8-9,11,17H2. The lowest BCUT2D eigenvalue weighted by Gasteiger charge is -2.06. The molecule has 0 spiro atoms. The molecule has 2 rings (SSSR count). The van der Waals surface area contributed by atoms with Gasteiger partial charge in [-0.3, -0.25) is 0 Å². The van der Waals surface area contributed by atoms with Gasteiger partial charge < -0.3 is 5.73 Å². The van der Waals surface area contributed by atoms with Crippen molar-refractivity contribution in [1.29, 1.82) is 0 Å². The van der Waals surface area contributed by atoms with E-state index in [9.17, 15) is 8.42 Å². The Morgan fingerprint density at radius 2 is 1.81 bits per heavy atom. The molecule has 0 bridgehead atoms. The number of nitrogens with two attached hydrogens (primary N) is 1. The van der Waals surface area contributed by atoms with E-state index in [4.69, 9.17) is 5.73 Å². The molecule has 0 unspecified atom stereocenters. The quantitative estimate of drug-likeness (QED) is 0.773. The molecule has 0 amide bonds. The molecule has 0 saturated carbocycles. The van der Waals surface area contributed by atoms with Crippen molar-refractivity contribution in [2.24, 2.45) is 5.73 Å². The van der Waals surface area contributed by atoms with Crippen molar-refractivity contribution in [3.63, 3.8) is 0 Å². The Labute approximate surface area is 138 Å². The van der Waals surface area contributed by atoms with Crippen molar-refractivity contribution >= 4 is 37.5 Å². The third-order valence-electron chi connectivity index (χ3n) is 2.93. The lowest BCUT2D eigenvalue weighted by atomic mass is 10.2. The van der Waals surface area contributed by atoms with Gasteiger partial charge in [0.15, 0.2) is 9.84 Å². The number of thioether (sulfide) groups is 1. The topological polar surface area (TPSA) is 60.2 Å². The highest BCUT2D eigenvalue weighted by atomic mass is 79.9. The van der Waals surface area contributed by atoms with Crippen LogP contribution < -0.4 is 5.73 Å². The van der Waals surface area contributed by atoms with Gasteiger partial charge in [0.2, 0.25) is 0 Å². The van der Waals surface area contributed by atoms with Gasteiger partial charge in [0.05, 0.1) is 10.6 Å². The first kappa shape index (κ1) is 16.5. The molecule has 0 saturated heterocycles. The molecular weight excluding hydrogens is 370 g/mol. The average molecular weight is 386 g/mol. The Kier molecular flexibility index (Phi) is 5.87. The molecule has 112 valence electrons. The van der Waals surface area contributed by atoms with E-state index in [0.29, 0.717) is 17.2 Å². The van der Waals surface area contributed by atoms with E-state index in [1.54, 1.807) is 18.2 Å². The van der Waals surface area contributed by atoms with Gasteiger partial charge in [-0.05, 0) is 42.0 Å². The lowest BCUT2D eigenvalue weighted by molar-refractivity contribution is 0.597. The zero-order valence-electron chi connectivity index (χ0n) is 11.3. The molecule has 0 aliphatic heterocycles. The van der Waals surface area contributed by atoms with Crippen molar-refractivity contribution in [3.05, 3.63) is 58.6 Å². The Balaban J connectivity index is 1.99. The largest absolute Gasteiger partial charge is 0.326 e. The highest BCUT2D eigenvalue weighted by molar-refractivity contribution is 9.10. The Hall–Kier alpha value is -0.820. The maximum absolute atomic E-state index is 12.3. The van der Waals surface area contributed by atoms with Crippen molar-refractivity contribution in [2.45, 2.75) is 16.3 Å². The van der Waals surface area contributed by atoms with E-state index in [2.05, 4.69) is 15.9 Å². The fourth-order valence-corrected chi connectivity index (χ4v) is 4.68. The molecule has 2 aromatic rings. The van der Waals surface area contributed by atoms with E-state index < -0.39 is 9.84 Å². The van der Waals surface area contributed by atoms with Gasteiger partial charge in [0, 0.05) is 21.7 Å². The fraction of sp³-hybridized carbons (Fsp3) is 0.200. The van der Waals surface area contributed by atoms with Gasteiger partial charge in [0.25, 0.3) is 0 Å². The zero-order chi connectivity index (χ0) is 15.3. The summed E-state index contributed by atoms with van der Waals surface area (Å²) in [4.78, 5) is 1.41. The third-order valence-corrected chi connectivity index (χ3v) is 6.44. The summed E-state index contributed by atoms with van der Waals surface area (Å²) in [6.45, 7) is 0.344. The Morgan fingerprint density at radius 3 is 2.48 bits per heavy atom. The summed E-state index contributed by atoms with van der Waals surface area (Å²) in [7, 11) is -3.26. The summed E-state index contributed by atoms with van der Waals surface area (Å²) < 4.78 is 25.6. The summed E-state index contributed by atoms with van der Waals surface area (Å²) in [6.07, 6.45) is 0. The normalized spacial score (nSPS) is 11.5. The van der Waals surface area contributed by atoms with Crippen molar-refractivity contribution in [3.8, 4) is 0 Å². The van der Waals surface area contributed by atoms with Gasteiger partial charge >= 0.3 is 0 Å². The van der Waals surface area contributed by atoms with Crippen LogP contribution in [-0.4, -0.2) is 19.9 Å². The van der Waals surface area contributed by atoms with Crippen molar-refractivity contribution in [1.82, 2.24) is 0 Å². The van der Waals surface area contributed by atoms with Crippen LogP contribution in [0, 0.1) is 0 Å². The molecule has 0 radical (unpaired) electrons. The molecule has 2 N–H and O–H groups in total. The number of rotatable bonds is 6. The number of hydrogen-bond donors (Lipinski definition) is 1. The van der Waals surface area contributed by atoms with Gasteiger partial charge in [-0.2, -0.15) is 0 Å². The maximum Gasteiger partial charge on any atom is 0.179 e. The van der Waals surface area contributed by atoms with E-state index >= 15 is 0 Å². The monoisotopic (exact) mass is 385 g/mol. The Morgan fingerprint density at radius 1 is 1.10 bits per heavy atom. The number of halogens is 1. The molecule has 0 aliphatic rings. The second-order valence-corrected chi connectivity index (χ2v) is 8.67. The van der Waals surface area contributed by atoms with Gasteiger partial charge in [-0.1, -0.05) is 28.1 Å². The average Bonchev–Trinajstić information content (AvgIpc) is 2.49. The van der Waals surface area contributed by atoms with Crippen LogP contribution in [0.25, 0.3) is 0 Å². The molecule has 0 atom stereocenters. The van der Waals surface area contributed by atoms with E-state index in [0.717, 1.165) is 14.9 Å². The lowest BCUT2D eigenvalue weighted by Crippen LogP contribution is -2.09. The Bertz CT molecular complexity index is 700. The van der Waals surface area contributed by atoms with Crippen LogP contribution >= 0.6 is 27.7 Å². The first-order valence-electron chi connectivity index (χ1n) is 6.41. The first-order valence-corrected chi connectivity index (χ1v) is 9.84. The van der Waals surface area contributed by atoms with Gasteiger partial charge in [0.1, 0.15) is 0 Å². The van der Waals surface area contributed by atoms with Crippen molar-refractivity contribution < 1.29 is 8.42 Å². The number of benzene rings is 2. The van der Waals surface area contributed by atoms with Crippen LogP contribution in [0.4, 0.5) is 0 Å². The van der Waals surface area contributed by atoms with Crippen LogP contribution in [-0.2, 0) is 16.4 Å². The SMILES string of the molecule is NCc1cccc(S(=O)(=O)CCSc2ccc(Br)cc2)c1. The molecule has 0 fully saturated rings. The van der Waals surface area contributed by atoms with Crippen LogP contribution in [0.2, 0.25) is 0 Å².